The maximum absolute atomic E-state index is 11.9. The number of para-hydroxylation sites is 1. The Kier molecular flexibility index (Phi) is 5.46. The molecule has 0 aliphatic rings. The fourth-order valence-electron chi connectivity index (χ4n) is 2.41. The third kappa shape index (κ3) is 4.49. The average Bonchev–Trinajstić information content (AvgIpc) is 2.68. The molecular formula is C19H20N6O2. The highest BCUT2D eigenvalue weighted by Gasteiger charge is 2.12. The number of nitrogens with zero attached hydrogens (tertiary/aromatic N) is 4. The van der Waals surface area contributed by atoms with Gasteiger partial charge in [0.25, 0.3) is 0 Å². The van der Waals surface area contributed by atoms with E-state index in [0.29, 0.717) is 17.1 Å². The molecule has 0 fully saturated rings. The van der Waals surface area contributed by atoms with Crippen LogP contribution in [0.4, 0.5) is 28.8 Å². The molecular weight excluding hydrogens is 344 g/mol. The van der Waals surface area contributed by atoms with E-state index in [4.69, 9.17) is 4.74 Å². The van der Waals surface area contributed by atoms with Crippen LogP contribution in [0, 0.1) is 0 Å². The first-order chi connectivity index (χ1) is 13.1. The van der Waals surface area contributed by atoms with Crippen LogP contribution in [0.2, 0.25) is 0 Å². The first-order valence-corrected chi connectivity index (χ1v) is 8.25. The Morgan fingerprint density at radius 3 is 2.48 bits per heavy atom. The lowest BCUT2D eigenvalue weighted by molar-refractivity contribution is 0.0602. The van der Waals surface area contributed by atoms with Gasteiger partial charge in [0.1, 0.15) is 0 Å². The Morgan fingerprint density at radius 2 is 1.78 bits per heavy atom. The molecule has 3 rings (SSSR count). The minimum atomic E-state index is -0.443. The van der Waals surface area contributed by atoms with Gasteiger partial charge in [0.15, 0.2) is 5.82 Å². The largest absolute Gasteiger partial charge is 0.465 e. The highest BCUT2D eigenvalue weighted by molar-refractivity contribution is 5.96. The Hall–Kier alpha value is -3.68. The molecule has 1 heterocycles. The van der Waals surface area contributed by atoms with Gasteiger partial charge >= 0.3 is 5.97 Å². The second-order valence-electron chi connectivity index (χ2n) is 5.89. The second kappa shape index (κ2) is 8.13. The van der Waals surface area contributed by atoms with E-state index in [0.717, 1.165) is 11.4 Å². The van der Waals surface area contributed by atoms with Gasteiger partial charge in [-0.2, -0.15) is 10.1 Å². The Balaban J connectivity index is 1.77. The smallest absolute Gasteiger partial charge is 0.339 e. The summed E-state index contributed by atoms with van der Waals surface area (Å²) in [5, 5.41) is 14.1. The maximum atomic E-state index is 11.9. The summed E-state index contributed by atoms with van der Waals surface area (Å²) in [5.74, 6) is 0.350. The first-order valence-electron chi connectivity index (χ1n) is 8.25. The van der Waals surface area contributed by atoms with Gasteiger partial charge in [0, 0.05) is 25.5 Å². The van der Waals surface area contributed by atoms with Crippen LogP contribution in [-0.4, -0.2) is 42.4 Å². The van der Waals surface area contributed by atoms with Crippen molar-refractivity contribution >= 4 is 34.8 Å². The van der Waals surface area contributed by atoms with Gasteiger partial charge in [-0.15, -0.1) is 5.10 Å². The maximum Gasteiger partial charge on any atom is 0.339 e. The van der Waals surface area contributed by atoms with Crippen LogP contribution in [-0.2, 0) is 4.74 Å². The fourth-order valence-corrected chi connectivity index (χ4v) is 2.41. The summed E-state index contributed by atoms with van der Waals surface area (Å²) in [7, 11) is 5.31. The number of hydrogen-bond donors (Lipinski definition) is 2. The fraction of sp³-hybridized carbons (Fsp3) is 0.158. The number of aromatic nitrogens is 3. The number of methoxy groups -OCH3 is 1. The molecule has 138 valence electrons. The van der Waals surface area contributed by atoms with Gasteiger partial charge in [0.05, 0.1) is 24.6 Å². The molecule has 3 aromatic rings. The van der Waals surface area contributed by atoms with Crippen molar-refractivity contribution < 1.29 is 9.53 Å². The third-order valence-corrected chi connectivity index (χ3v) is 3.79. The second-order valence-corrected chi connectivity index (χ2v) is 5.89. The van der Waals surface area contributed by atoms with E-state index >= 15 is 0 Å². The van der Waals surface area contributed by atoms with Crippen molar-refractivity contribution in [2.75, 3.05) is 36.7 Å². The molecule has 0 radical (unpaired) electrons. The van der Waals surface area contributed by atoms with Crippen molar-refractivity contribution in [1.29, 1.82) is 0 Å². The SMILES string of the molecule is COC(=O)c1ccccc1Nc1nncc(Nc2ccc(N(C)C)cc2)n1. The lowest BCUT2D eigenvalue weighted by atomic mass is 10.2. The summed E-state index contributed by atoms with van der Waals surface area (Å²) in [6.07, 6.45) is 1.53. The van der Waals surface area contributed by atoms with Crippen LogP contribution in [0.3, 0.4) is 0 Å². The number of anilines is 5. The summed E-state index contributed by atoms with van der Waals surface area (Å²) in [6.45, 7) is 0. The molecule has 8 nitrogen and oxygen atoms in total. The predicted molar refractivity (Wildman–Crippen MR) is 105 cm³/mol. The molecule has 0 aliphatic heterocycles. The molecule has 0 bridgehead atoms. The molecule has 0 amide bonds. The zero-order valence-electron chi connectivity index (χ0n) is 15.3. The molecule has 2 N–H and O–H groups in total. The number of carbonyl (C=O) groups excluding carboxylic acids is 1. The minimum Gasteiger partial charge on any atom is -0.465 e. The van der Waals surface area contributed by atoms with Crippen molar-refractivity contribution in [3.05, 3.63) is 60.3 Å². The first kappa shape index (κ1) is 18.1. The molecule has 0 aliphatic carbocycles. The number of carbonyl (C=O) groups is 1. The minimum absolute atomic E-state index is 0.265. The van der Waals surface area contributed by atoms with Gasteiger partial charge < -0.3 is 20.3 Å². The van der Waals surface area contributed by atoms with E-state index in [1.165, 1.54) is 13.3 Å². The standard InChI is InChI=1S/C19H20N6O2/c1-25(2)14-10-8-13(9-11-14)21-17-12-20-24-19(23-17)22-16-7-5-4-6-15(16)18(26)27-3/h4-12H,1-3H3,(H2,21,22,23,24). The number of ether oxygens (including phenoxy) is 1. The number of rotatable bonds is 6. The summed E-state index contributed by atoms with van der Waals surface area (Å²) in [4.78, 5) is 18.3. The Labute approximate surface area is 157 Å². The van der Waals surface area contributed by atoms with Crippen molar-refractivity contribution in [1.82, 2.24) is 15.2 Å². The van der Waals surface area contributed by atoms with E-state index in [2.05, 4.69) is 25.8 Å². The van der Waals surface area contributed by atoms with E-state index in [1.807, 2.05) is 43.3 Å². The Bertz CT molecular complexity index is 927. The molecule has 27 heavy (non-hydrogen) atoms. The van der Waals surface area contributed by atoms with Crippen LogP contribution in [0.1, 0.15) is 10.4 Å². The van der Waals surface area contributed by atoms with Crippen LogP contribution < -0.4 is 15.5 Å². The van der Waals surface area contributed by atoms with Crippen molar-refractivity contribution in [3.63, 3.8) is 0 Å². The van der Waals surface area contributed by atoms with Crippen LogP contribution in [0.5, 0.6) is 0 Å². The number of nitrogens with one attached hydrogen (secondary N) is 2. The molecule has 1 aromatic heterocycles. The summed E-state index contributed by atoms with van der Waals surface area (Å²) in [6, 6.07) is 14.9. The molecule has 2 aromatic carbocycles. The number of esters is 1. The highest BCUT2D eigenvalue weighted by atomic mass is 16.5. The molecule has 8 heteroatoms. The van der Waals surface area contributed by atoms with Gasteiger partial charge in [0.2, 0.25) is 5.95 Å². The summed E-state index contributed by atoms with van der Waals surface area (Å²) in [5.41, 5.74) is 2.91. The molecule has 0 unspecified atom stereocenters. The van der Waals surface area contributed by atoms with E-state index in [9.17, 15) is 4.79 Å². The van der Waals surface area contributed by atoms with Crippen LogP contribution >= 0.6 is 0 Å². The lowest BCUT2D eigenvalue weighted by Gasteiger charge is -2.13. The molecule has 0 saturated carbocycles. The normalized spacial score (nSPS) is 10.2. The topological polar surface area (TPSA) is 92.3 Å². The van der Waals surface area contributed by atoms with Crippen molar-refractivity contribution in [2.24, 2.45) is 0 Å². The van der Waals surface area contributed by atoms with Gasteiger partial charge in [-0.25, -0.2) is 4.79 Å². The van der Waals surface area contributed by atoms with Crippen LogP contribution in [0.15, 0.2) is 54.7 Å². The van der Waals surface area contributed by atoms with E-state index in [-0.39, 0.29) is 5.95 Å². The van der Waals surface area contributed by atoms with Crippen molar-refractivity contribution in [2.45, 2.75) is 0 Å². The van der Waals surface area contributed by atoms with Gasteiger partial charge in [-0.1, -0.05) is 12.1 Å². The molecule has 0 spiro atoms. The molecule has 0 atom stereocenters. The summed E-state index contributed by atoms with van der Waals surface area (Å²) >= 11 is 0. The zero-order chi connectivity index (χ0) is 19.2. The number of hydrogen-bond acceptors (Lipinski definition) is 8. The van der Waals surface area contributed by atoms with Gasteiger partial charge in [-0.05, 0) is 36.4 Å². The third-order valence-electron chi connectivity index (χ3n) is 3.79. The summed E-state index contributed by atoms with van der Waals surface area (Å²) < 4.78 is 4.79. The van der Waals surface area contributed by atoms with E-state index in [1.54, 1.807) is 24.3 Å². The van der Waals surface area contributed by atoms with Crippen LogP contribution in [0.25, 0.3) is 0 Å². The van der Waals surface area contributed by atoms with Crippen molar-refractivity contribution in [3.8, 4) is 0 Å². The van der Waals surface area contributed by atoms with Gasteiger partial charge in [-0.3, -0.25) is 0 Å². The monoisotopic (exact) mass is 364 g/mol. The average molecular weight is 364 g/mol. The highest BCUT2D eigenvalue weighted by Crippen LogP contribution is 2.21. The number of benzene rings is 2. The molecule has 0 saturated heterocycles. The quantitative estimate of drug-likeness (QED) is 0.644. The lowest BCUT2D eigenvalue weighted by Crippen LogP contribution is -2.08. The zero-order valence-corrected chi connectivity index (χ0v) is 15.3. The Morgan fingerprint density at radius 1 is 1.04 bits per heavy atom. The predicted octanol–water partition coefficient (Wildman–Crippen LogP) is 3.21. The van der Waals surface area contributed by atoms with E-state index < -0.39 is 5.97 Å².